The number of aryl methyl sites for hydroxylation is 2. The monoisotopic (exact) mass is 281 g/mol. The van der Waals surface area contributed by atoms with Crippen molar-refractivity contribution >= 4 is 21.4 Å². The van der Waals surface area contributed by atoms with Gasteiger partial charge in [0.15, 0.2) is 0 Å². The predicted octanol–water partition coefficient (Wildman–Crippen LogP) is 4.83. The number of hydrogen-bond donors (Lipinski definition) is 1. The fraction of sp³-hybridized carbons (Fsp3) is 0.222. The van der Waals surface area contributed by atoms with Crippen molar-refractivity contribution in [3.8, 4) is 0 Å². The zero-order chi connectivity index (χ0) is 14.1. The lowest BCUT2D eigenvalue weighted by atomic mass is 10.00. The molecule has 0 saturated heterocycles. The van der Waals surface area contributed by atoms with Gasteiger partial charge < -0.3 is 5.32 Å². The summed E-state index contributed by atoms with van der Waals surface area (Å²) in [5, 5.41) is 4.79. The Morgan fingerprint density at radius 3 is 2.30 bits per heavy atom. The molecule has 2 aromatic carbocycles. The van der Waals surface area contributed by atoms with Crippen LogP contribution in [-0.2, 0) is 0 Å². The van der Waals surface area contributed by atoms with E-state index in [9.17, 15) is 0 Å². The van der Waals surface area contributed by atoms with Gasteiger partial charge in [-0.1, -0.05) is 47.5 Å². The minimum Gasteiger partial charge on any atom is -0.309 e. The lowest BCUT2D eigenvalue weighted by molar-refractivity contribution is 0.703. The molecule has 1 atom stereocenters. The van der Waals surface area contributed by atoms with Crippen LogP contribution in [0.1, 0.15) is 27.6 Å². The van der Waals surface area contributed by atoms with E-state index in [4.69, 9.17) is 0 Å². The van der Waals surface area contributed by atoms with Crippen molar-refractivity contribution in [2.75, 3.05) is 7.05 Å². The Morgan fingerprint density at radius 1 is 0.950 bits per heavy atom. The lowest BCUT2D eigenvalue weighted by Gasteiger charge is -2.16. The SMILES string of the molecule is CNC(c1cc(C)cc(C)c1)c1cc2ccccc2s1. The van der Waals surface area contributed by atoms with Crippen molar-refractivity contribution in [3.05, 3.63) is 70.1 Å². The molecule has 0 amide bonds. The normalized spacial score (nSPS) is 12.8. The highest BCUT2D eigenvalue weighted by Gasteiger charge is 2.15. The van der Waals surface area contributed by atoms with Crippen LogP contribution in [0.2, 0.25) is 0 Å². The third-order valence-electron chi connectivity index (χ3n) is 3.60. The third kappa shape index (κ3) is 2.49. The van der Waals surface area contributed by atoms with Gasteiger partial charge in [0.05, 0.1) is 6.04 Å². The predicted molar refractivity (Wildman–Crippen MR) is 88.6 cm³/mol. The molecule has 102 valence electrons. The van der Waals surface area contributed by atoms with E-state index < -0.39 is 0 Å². The summed E-state index contributed by atoms with van der Waals surface area (Å²) in [6.45, 7) is 4.32. The van der Waals surface area contributed by atoms with Crippen LogP contribution in [0, 0.1) is 13.8 Å². The Labute approximate surface area is 124 Å². The van der Waals surface area contributed by atoms with Gasteiger partial charge in [0.1, 0.15) is 0 Å². The number of benzene rings is 2. The average Bonchev–Trinajstić information content (AvgIpc) is 2.81. The Kier molecular flexibility index (Phi) is 3.60. The molecule has 0 fully saturated rings. The van der Waals surface area contributed by atoms with Crippen LogP contribution in [-0.4, -0.2) is 7.05 Å². The van der Waals surface area contributed by atoms with E-state index in [1.807, 2.05) is 18.4 Å². The molecule has 0 aliphatic carbocycles. The molecule has 0 saturated carbocycles. The van der Waals surface area contributed by atoms with Crippen LogP contribution in [0.3, 0.4) is 0 Å². The second kappa shape index (κ2) is 5.39. The van der Waals surface area contributed by atoms with Gasteiger partial charge in [0, 0.05) is 9.58 Å². The molecule has 0 radical (unpaired) electrons. The Balaban J connectivity index is 2.08. The van der Waals surface area contributed by atoms with Crippen molar-refractivity contribution in [1.29, 1.82) is 0 Å². The highest BCUT2D eigenvalue weighted by molar-refractivity contribution is 7.19. The van der Waals surface area contributed by atoms with E-state index in [1.54, 1.807) is 0 Å². The summed E-state index contributed by atoms with van der Waals surface area (Å²) < 4.78 is 1.35. The maximum absolute atomic E-state index is 3.46. The molecule has 0 aliphatic heterocycles. The first-order valence-electron chi connectivity index (χ1n) is 6.91. The summed E-state index contributed by atoms with van der Waals surface area (Å²) in [5.41, 5.74) is 3.99. The minimum atomic E-state index is 0.269. The molecule has 0 spiro atoms. The van der Waals surface area contributed by atoms with E-state index in [2.05, 4.69) is 67.7 Å². The fourth-order valence-electron chi connectivity index (χ4n) is 2.79. The van der Waals surface area contributed by atoms with Crippen LogP contribution in [0.5, 0.6) is 0 Å². The number of thiophene rings is 1. The highest BCUT2D eigenvalue weighted by atomic mass is 32.1. The van der Waals surface area contributed by atoms with Gasteiger partial charge in [0.25, 0.3) is 0 Å². The van der Waals surface area contributed by atoms with E-state index in [0.29, 0.717) is 0 Å². The molecule has 2 heteroatoms. The van der Waals surface area contributed by atoms with Crippen LogP contribution in [0.25, 0.3) is 10.1 Å². The van der Waals surface area contributed by atoms with Crippen molar-refractivity contribution in [3.63, 3.8) is 0 Å². The number of fused-ring (bicyclic) bond motifs is 1. The quantitative estimate of drug-likeness (QED) is 0.725. The first-order chi connectivity index (χ1) is 9.67. The van der Waals surface area contributed by atoms with Gasteiger partial charge in [0.2, 0.25) is 0 Å². The van der Waals surface area contributed by atoms with Crippen molar-refractivity contribution < 1.29 is 0 Å². The average molecular weight is 281 g/mol. The maximum Gasteiger partial charge on any atom is 0.0669 e. The molecule has 1 unspecified atom stereocenters. The van der Waals surface area contributed by atoms with E-state index in [0.717, 1.165) is 0 Å². The molecule has 1 heterocycles. The zero-order valence-corrected chi connectivity index (χ0v) is 12.9. The first-order valence-corrected chi connectivity index (χ1v) is 7.73. The summed E-state index contributed by atoms with van der Waals surface area (Å²) in [5.74, 6) is 0. The molecule has 3 aromatic rings. The molecular formula is C18H19NS. The molecule has 1 aromatic heterocycles. The Morgan fingerprint density at radius 2 is 1.65 bits per heavy atom. The van der Waals surface area contributed by atoms with E-state index in [1.165, 1.54) is 31.7 Å². The highest BCUT2D eigenvalue weighted by Crippen LogP contribution is 2.33. The molecule has 1 nitrogen and oxygen atoms in total. The summed E-state index contributed by atoms with van der Waals surface area (Å²) in [7, 11) is 2.03. The summed E-state index contributed by atoms with van der Waals surface area (Å²) in [6.07, 6.45) is 0. The van der Waals surface area contributed by atoms with Gasteiger partial charge in [-0.3, -0.25) is 0 Å². The zero-order valence-electron chi connectivity index (χ0n) is 12.1. The second-order valence-electron chi connectivity index (χ2n) is 5.33. The van der Waals surface area contributed by atoms with Crippen molar-refractivity contribution in [2.24, 2.45) is 0 Å². The van der Waals surface area contributed by atoms with Crippen LogP contribution < -0.4 is 5.32 Å². The minimum absolute atomic E-state index is 0.269. The lowest BCUT2D eigenvalue weighted by Crippen LogP contribution is -2.16. The molecule has 0 bridgehead atoms. The molecular weight excluding hydrogens is 262 g/mol. The number of rotatable bonds is 3. The Hall–Kier alpha value is -1.64. The standard InChI is InChI=1S/C18H19NS/c1-12-8-13(2)10-15(9-12)18(19-3)17-11-14-6-4-5-7-16(14)20-17/h4-11,18-19H,1-3H3. The molecule has 1 N–H and O–H groups in total. The second-order valence-corrected chi connectivity index (χ2v) is 6.44. The maximum atomic E-state index is 3.46. The molecule has 3 rings (SSSR count). The summed E-state index contributed by atoms with van der Waals surface area (Å²) >= 11 is 1.87. The topological polar surface area (TPSA) is 12.0 Å². The molecule has 0 aliphatic rings. The number of nitrogens with one attached hydrogen (secondary N) is 1. The smallest absolute Gasteiger partial charge is 0.0669 e. The summed E-state index contributed by atoms with van der Waals surface area (Å²) in [4.78, 5) is 1.37. The van der Waals surface area contributed by atoms with E-state index >= 15 is 0 Å². The van der Waals surface area contributed by atoms with Crippen LogP contribution in [0.4, 0.5) is 0 Å². The van der Waals surface area contributed by atoms with Crippen molar-refractivity contribution in [1.82, 2.24) is 5.32 Å². The van der Waals surface area contributed by atoms with Gasteiger partial charge in [-0.15, -0.1) is 11.3 Å². The fourth-order valence-corrected chi connectivity index (χ4v) is 4.00. The third-order valence-corrected chi connectivity index (χ3v) is 4.78. The van der Waals surface area contributed by atoms with Gasteiger partial charge in [-0.25, -0.2) is 0 Å². The number of hydrogen-bond acceptors (Lipinski definition) is 2. The largest absolute Gasteiger partial charge is 0.309 e. The molecule has 20 heavy (non-hydrogen) atoms. The van der Waals surface area contributed by atoms with Crippen LogP contribution in [0.15, 0.2) is 48.5 Å². The van der Waals surface area contributed by atoms with Gasteiger partial charge in [-0.2, -0.15) is 0 Å². The Bertz CT molecular complexity index is 689. The van der Waals surface area contributed by atoms with Gasteiger partial charge >= 0.3 is 0 Å². The van der Waals surface area contributed by atoms with E-state index in [-0.39, 0.29) is 6.04 Å². The van der Waals surface area contributed by atoms with Gasteiger partial charge in [-0.05, 0) is 44.0 Å². The van der Waals surface area contributed by atoms with Crippen LogP contribution >= 0.6 is 11.3 Å². The summed E-state index contributed by atoms with van der Waals surface area (Å²) in [6, 6.07) is 17.9. The van der Waals surface area contributed by atoms with Crippen molar-refractivity contribution in [2.45, 2.75) is 19.9 Å². The first kappa shape index (κ1) is 13.3.